The van der Waals surface area contributed by atoms with E-state index in [9.17, 15) is 14.4 Å². The van der Waals surface area contributed by atoms with Crippen molar-refractivity contribution in [2.45, 2.75) is 19.3 Å². The van der Waals surface area contributed by atoms with Crippen LogP contribution in [0.3, 0.4) is 0 Å². The van der Waals surface area contributed by atoms with Crippen molar-refractivity contribution < 1.29 is 14.4 Å². The van der Waals surface area contributed by atoms with Gasteiger partial charge in [0.25, 0.3) is 0 Å². The predicted octanol–water partition coefficient (Wildman–Crippen LogP) is 4.29. The van der Waals surface area contributed by atoms with Gasteiger partial charge in [-0.1, -0.05) is 66.7 Å². The van der Waals surface area contributed by atoms with E-state index < -0.39 is 5.92 Å². The first-order valence-electron chi connectivity index (χ1n) is 9.69. The van der Waals surface area contributed by atoms with Gasteiger partial charge in [0.15, 0.2) is 0 Å². The summed E-state index contributed by atoms with van der Waals surface area (Å²) in [7, 11) is 0. The van der Waals surface area contributed by atoms with Crippen LogP contribution in [0.2, 0.25) is 0 Å². The highest BCUT2D eigenvalue weighted by molar-refractivity contribution is 6.16. The van der Waals surface area contributed by atoms with Crippen LogP contribution in [-0.2, 0) is 27.2 Å². The quantitative estimate of drug-likeness (QED) is 0.618. The molecule has 3 aromatic rings. The van der Waals surface area contributed by atoms with Gasteiger partial charge in [0.2, 0.25) is 5.91 Å². The molecule has 1 aliphatic rings. The van der Waals surface area contributed by atoms with Crippen molar-refractivity contribution in [2.24, 2.45) is 5.92 Å². The second-order valence-corrected chi connectivity index (χ2v) is 7.24. The lowest BCUT2D eigenvalue weighted by atomic mass is 9.91. The van der Waals surface area contributed by atoms with Crippen molar-refractivity contribution in [3.8, 4) is 0 Å². The molecule has 4 nitrogen and oxygen atoms in total. The summed E-state index contributed by atoms with van der Waals surface area (Å²) < 4.78 is 0. The number of carbonyl (C=O) groups is 3. The summed E-state index contributed by atoms with van der Waals surface area (Å²) in [5, 5.41) is 0. The number of benzene rings is 3. The minimum absolute atomic E-state index is 0.0795. The van der Waals surface area contributed by atoms with Gasteiger partial charge in [-0.15, -0.1) is 0 Å². The van der Waals surface area contributed by atoms with Crippen LogP contribution in [0.1, 0.15) is 17.5 Å². The largest absolute Gasteiger partial charge is 0.299 e. The van der Waals surface area contributed by atoms with E-state index in [0.717, 1.165) is 11.1 Å². The first kappa shape index (κ1) is 18.8. The molecular formula is C25H21NO3. The first-order chi connectivity index (χ1) is 14.1. The zero-order valence-electron chi connectivity index (χ0n) is 16.0. The maximum Gasteiger partial charge on any atom is 0.242 e. The van der Waals surface area contributed by atoms with Gasteiger partial charge in [0, 0.05) is 24.9 Å². The van der Waals surface area contributed by atoms with Crippen molar-refractivity contribution in [3.63, 3.8) is 0 Å². The number of amides is 1. The molecule has 0 saturated carbocycles. The van der Waals surface area contributed by atoms with Gasteiger partial charge < -0.3 is 0 Å². The first-order valence-corrected chi connectivity index (χ1v) is 9.69. The molecule has 1 amide bonds. The molecule has 0 radical (unpaired) electrons. The highest BCUT2D eigenvalue weighted by Crippen LogP contribution is 2.35. The highest BCUT2D eigenvalue weighted by atomic mass is 16.2. The smallest absolute Gasteiger partial charge is 0.242 e. The van der Waals surface area contributed by atoms with Crippen LogP contribution in [0.5, 0.6) is 0 Å². The number of nitrogens with zero attached hydrogens (tertiary/aromatic N) is 1. The lowest BCUT2D eigenvalue weighted by Crippen LogP contribution is -2.36. The van der Waals surface area contributed by atoms with Gasteiger partial charge in [0.05, 0.1) is 5.69 Å². The summed E-state index contributed by atoms with van der Waals surface area (Å²) in [4.78, 5) is 40.7. The number of fused-ring (bicyclic) bond motifs is 1. The van der Waals surface area contributed by atoms with E-state index in [1.807, 2.05) is 84.9 Å². The normalized spacial score (nSPS) is 16.3. The fraction of sp³-hybridized carbons (Fsp3) is 0.160. The summed E-state index contributed by atoms with van der Waals surface area (Å²) in [5.41, 5.74) is 3.08. The molecule has 1 unspecified atom stereocenters. The lowest BCUT2D eigenvalue weighted by Gasteiger charge is -2.25. The Balaban J connectivity index is 1.66. The third-order valence-corrected chi connectivity index (χ3v) is 5.19. The van der Waals surface area contributed by atoms with Crippen LogP contribution in [-0.4, -0.2) is 17.5 Å². The van der Waals surface area contributed by atoms with Gasteiger partial charge in [-0.3, -0.25) is 19.3 Å². The Morgan fingerprint density at radius 2 is 1.45 bits per heavy atom. The maximum absolute atomic E-state index is 13.5. The van der Waals surface area contributed by atoms with Gasteiger partial charge in [-0.05, 0) is 29.3 Å². The number of hydrogen-bond acceptors (Lipinski definition) is 3. The SMILES string of the molecule is O=C(Cc1ccccc1)CC1C(=O)Cc2ccccc2N(c2ccccc2)C1=O. The molecule has 144 valence electrons. The molecule has 0 spiro atoms. The Bertz CT molecular complexity index is 1040. The Morgan fingerprint density at radius 1 is 0.828 bits per heavy atom. The van der Waals surface area contributed by atoms with Crippen molar-refractivity contribution in [1.82, 2.24) is 0 Å². The van der Waals surface area contributed by atoms with Crippen LogP contribution >= 0.6 is 0 Å². The second kappa shape index (κ2) is 8.23. The minimum atomic E-state index is -0.973. The van der Waals surface area contributed by atoms with Gasteiger partial charge in [-0.2, -0.15) is 0 Å². The Kier molecular flexibility index (Phi) is 5.34. The molecule has 4 rings (SSSR count). The Hall–Kier alpha value is -3.53. The molecule has 29 heavy (non-hydrogen) atoms. The molecule has 0 N–H and O–H groups in total. The number of Topliss-reactive ketones (excluding diaryl/α,β-unsaturated/α-hetero) is 2. The minimum Gasteiger partial charge on any atom is -0.299 e. The molecule has 0 aliphatic carbocycles. The van der Waals surface area contributed by atoms with E-state index in [1.165, 1.54) is 0 Å². The topological polar surface area (TPSA) is 54.5 Å². The molecule has 0 aromatic heterocycles. The fourth-order valence-corrected chi connectivity index (χ4v) is 3.77. The zero-order valence-corrected chi connectivity index (χ0v) is 16.0. The number of anilines is 2. The monoisotopic (exact) mass is 383 g/mol. The molecule has 3 aromatic carbocycles. The second-order valence-electron chi connectivity index (χ2n) is 7.24. The summed E-state index contributed by atoms with van der Waals surface area (Å²) in [5.74, 6) is -1.63. The molecule has 1 aliphatic heterocycles. The van der Waals surface area contributed by atoms with Crippen LogP contribution < -0.4 is 4.90 Å². The van der Waals surface area contributed by atoms with Gasteiger partial charge in [-0.25, -0.2) is 0 Å². The van der Waals surface area contributed by atoms with E-state index in [1.54, 1.807) is 4.90 Å². The summed E-state index contributed by atoms with van der Waals surface area (Å²) in [6.45, 7) is 0. The number of rotatable bonds is 5. The molecule has 1 heterocycles. The zero-order chi connectivity index (χ0) is 20.2. The summed E-state index contributed by atoms with van der Waals surface area (Å²) in [6.07, 6.45) is 0.286. The van der Waals surface area contributed by atoms with E-state index >= 15 is 0 Å². The van der Waals surface area contributed by atoms with E-state index in [0.29, 0.717) is 11.4 Å². The summed E-state index contributed by atoms with van der Waals surface area (Å²) >= 11 is 0. The Labute approximate surface area is 169 Å². The molecule has 1 atom stereocenters. The number of carbonyl (C=O) groups excluding carboxylic acids is 3. The van der Waals surface area contributed by atoms with E-state index in [2.05, 4.69) is 0 Å². The van der Waals surface area contributed by atoms with Crippen molar-refractivity contribution in [1.29, 1.82) is 0 Å². The molecule has 4 heteroatoms. The predicted molar refractivity (Wildman–Crippen MR) is 112 cm³/mol. The van der Waals surface area contributed by atoms with Gasteiger partial charge in [0.1, 0.15) is 17.5 Å². The highest BCUT2D eigenvalue weighted by Gasteiger charge is 2.37. The third-order valence-electron chi connectivity index (χ3n) is 5.19. The van der Waals surface area contributed by atoms with Crippen LogP contribution in [0, 0.1) is 5.92 Å². The van der Waals surface area contributed by atoms with Crippen LogP contribution in [0.15, 0.2) is 84.9 Å². The molecular weight excluding hydrogens is 362 g/mol. The van der Waals surface area contributed by atoms with Crippen molar-refractivity contribution in [2.75, 3.05) is 4.90 Å². The number of ketones is 2. The van der Waals surface area contributed by atoms with Crippen LogP contribution in [0.4, 0.5) is 11.4 Å². The standard InChI is InChI=1S/C25H21NO3/c27-21(15-18-9-3-1-4-10-18)17-22-24(28)16-19-11-7-8-14-23(19)26(25(22)29)20-12-5-2-6-13-20/h1-14,22H,15-17H2. The number of para-hydroxylation sites is 2. The van der Waals surface area contributed by atoms with E-state index in [4.69, 9.17) is 0 Å². The Morgan fingerprint density at radius 3 is 2.17 bits per heavy atom. The van der Waals surface area contributed by atoms with Crippen molar-refractivity contribution in [3.05, 3.63) is 96.1 Å². The molecule has 0 bridgehead atoms. The number of hydrogen-bond donors (Lipinski definition) is 0. The average Bonchev–Trinajstić information content (AvgIpc) is 2.84. The average molecular weight is 383 g/mol. The lowest BCUT2D eigenvalue weighted by molar-refractivity contribution is -0.135. The maximum atomic E-state index is 13.5. The fourth-order valence-electron chi connectivity index (χ4n) is 3.77. The molecule has 0 fully saturated rings. The third kappa shape index (κ3) is 4.02. The van der Waals surface area contributed by atoms with Crippen molar-refractivity contribution >= 4 is 28.8 Å². The van der Waals surface area contributed by atoms with Crippen LogP contribution in [0.25, 0.3) is 0 Å². The molecule has 0 saturated heterocycles. The van der Waals surface area contributed by atoms with Gasteiger partial charge >= 0.3 is 0 Å². The summed E-state index contributed by atoms with van der Waals surface area (Å²) in [6, 6.07) is 26.1. The van der Waals surface area contributed by atoms with E-state index in [-0.39, 0.29) is 36.7 Å².